The minimum Gasteiger partial charge on any atom is -0.378 e. The van der Waals surface area contributed by atoms with E-state index in [2.05, 4.69) is 26.7 Å². The van der Waals surface area contributed by atoms with Gasteiger partial charge in [-0.3, -0.25) is 0 Å². The number of aromatic nitrogens is 4. The van der Waals surface area contributed by atoms with Crippen molar-refractivity contribution in [2.24, 2.45) is 0 Å². The summed E-state index contributed by atoms with van der Waals surface area (Å²) in [6.07, 6.45) is 8.24. The average molecular weight is 380 g/mol. The third kappa shape index (κ3) is 3.40. The summed E-state index contributed by atoms with van der Waals surface area (Å²) in [4.78, 5) is 22.4. The first kappa shape index (κ1) is 18.3. The molecule has 0 unspecified atom stereocenters. The molecule has 0 amide bonds. The number of rotatable bonds is 5. The Bertz CT molecular complexity index is 890. The lowest BCUT2D eigenvalue weighted by Gasteiger charge is -2.28. The van der Waals surface area contributed by atoms with Crippen LogP contribution in [0.25, 0.3) is 11.3 Å². The van der Waals surface area contributed by atoms with Crippen LogP contribution in [0, 0.1) is 5.41 Å². The topological polar surface area (TPSA) is 117 Å². The summed E-state index contributed by atoms with van der Waals surface area (Å²) in [5.74, 6) is 1.83. The molecule has 1 saturated heterocycles. The predicted molar refractivity (Wildman–Crippen MR) is 109 cm³/mol. The van der Waals surface area contributed by atoms with E-state index in [9.17, 15) is 0 Å². The second-order valence-corrected chi connectivity index (χ2v) is 6.68. The molecule has 0 aromatic carbocycles. The summed E-state index contributed by atoms with van der Waals surface area (Å²) in [6, 6.07) is 0. The van der Waals surface area contributed by atoms with E-state index in [4.69, 9.17) is 25.8 Å². The molecule has 1 fully saturated rings. The van der Waals surface area contributed by atoms with Gasteiger partial charge in [-0.15, -0.1) is 0 Å². The van der Waals surface area contributed by atoms with E-state index in [-0.39, 0.29) is 5.95 Å². The van der Waals surface area contributed by atoms with Crippen molar-refractivity contribution in [3.05, 3.63) is 29.7 Å². The van der Waals surface area contributed by atoms with Crippen LogP contribution in [-0.4, -0.2) is 59.0 Å². The van der Waals surface area contributed by atoms with Crippen molar-refractivity contribution in [1.29, 1.82) is 5.41 Å². The van der Waals surface area contributed by atoms with Gasteiger partial charge in [0.15, 0.2) is 0 Å². The molecule has 146 valence electrons. The van der Waals surface area contributed by atoms with E-state index in [0.717, 1.165) is 60.8 Å². The smallest absolute Gasteiger partial charge is 0.228 e. The van der Waals surface area contributed by atoms with Crippen molar-refractivity contribution in [3.63, 3.8) is 0 Å². The Balaban J connectivity index is 1.84. The van der Waals surface area contributed by atoms with E-state index in [1.54, 1.807) is 12.4 Å². The molecule has 2 aromatic rings. The zero-order chi connectivity index (χ0) is 19.5. The summed E-state index contributed by atoms with van der Waals surface area (Å²) in [5, 5.41) is 7.47. The van der Waals surface area contributed by atoms with Crippen LogP contribution in [0.5, 0.6) is 0 Å². The standard InChI is InChI=1S/C19H24N8O/c1-2-14(3-5-20)27-6-4-15-16(13-11-22-18(21)23-12-13)24-19(25-17(15)27)26-7-9-28-10-8-26/h3,5,11-12,20H,2,4,6-10H2,1H3,(H2,21,22,23)/b14-3+,20-5?. The van der Waals surface area contributed by atoms with Gasteiger partial charge in [-0.05, 0) is 18.9 Å². The first-order chi connectivity index (χ1) is 13.7. The fourth-order valence-electron chi connectivity index (χ4n) is 3.62. The van der Waals surface area contributed by atoms with Gasteiger partial charge in [0.05, 0.1) is 18.9 Å². The summed E-state index contributed by atoms with van der Waals surface area (Å²) in [5.41, 5.74) is 9.49. The molecule has 0 atom stereocenters. The summed E-state index contributed by atoms with van der Waals surface area (Å²) in [6.45, 7) is 5.75. The minimum atomic E-state index is 0.242. The number of morpholine rings is 1. The molecule has 0 spiro atoms. The van der Waals surface area contributed by atoms with Crippen LogP contribution >= 0.6 is 0 Å². The Morgan fingerprint density at radius 2 is 1.96 bits per heavy atom. The van der Waals surface area contributed by atoms with Gasteiger partial charge in [-0.2, -0.15) is 4.98 Å². The zero-order valence-electron chi connectivity index (χ0n) is 15.9. The Kier molecular flexibility index (Phi) is 5.16. The highest BCUT2D eigenvalue weighted by Crippen LogP contribution is 2.37. The third-order valence-corrected chi connectivity index (χ3v) is 5.04. The molecule has 9 nitrogen and oxygen atoms in total. The highest BCUT2D eigenvalue weighted by Gasteiger charge is 2.29. The van der Waals surface area contributed by atoms with Gasteiger partial charge in [-0.25, -0.2) is 15.0 Å². The fourth-order valence-corrected chi connectivity index (χ4v) is 3.62. The largest absolute Gasteiger partial charge is 0.378 e. The molecule has 0 saturated carbocycles. The van der Waals surface area contributed by atoms with Crippen molar-refractivity contribution >= 4 is 23.9 Å². The van der Waals surface area contributed by atoms with Crippen molar-refractivity contribution in [3.8, 4) is 11.3 Å². The van der Waals surface area contributed by atoms with Gasteiger partial charge in [0, 0.05) is 55.1 Å². The second-order valence-electron chi connectivity index (χ2n) is 6.68. The lowest BCUT2D eigenvalue weighted by atomic mass is 10.1. The van der Waals surface area contributed by atoms with Gasteiger partial charge in [0.25, 0.3) is 0 Å². The summed E-state index contributed by atoms with van der Waals surface area (Å²) in [7, 11) is 0. The molecule has 2 aromatic heterocycles. The van der Waals surface area contributed by atoms with Gasteiger partial charge >= 0.3 is 0 Å². The van der Waals surface area contributed by atoms with Crippen LogP contribution in [-0.2, 0) is 11.2 Å². The number of allylic oxidation sites excluding steroid dienone is 2. The Morgan fingerprint density at radius 1 is 1.21 bits per heavy atom. The fraction of sp³-hybridized carbons (Fsp3) is 0.421. The lowest BCUT2D eigenvalue weighted by Crippen LogP contribution is -2.37. The lowest BCUT2D eigenvalue weighted by molar-refractivity contribution is 0.122. The van der Waals surface area contributed by atoms with Crippen LogP contribution in [0.2, 0.25) is 0 Å². The van der Waals surface area contributed by atoms with E-state index >= 15 is 0 Å². The van der Waals surface area contributed by atoms with Crippen LogP contribution < -0.4 is 15.5 Å². The molecule has 2 aliphatic heterocycles. The maximum Gasteiger partial charge on any atom is 0.228 e. The van der Waals surface area contributed by atoms with Gasteiger partial charge < -0.3 is 25.7 Å². The molecule has 28 heavy (non-hydrogen) atoms. The minimum absolute atomic E-state index is 0.242. The SMILES string of the molecule is CC/C(=C\C=N)N1CCc2c(-c3cnc(N)nc3)nc(N3CCOCC3)nc21. The highest BCUT2D eigenvalue weighted by molar-refractivity contribution is 5.76. The maximum atomic E-state index is 7.47. The zero-order valence-corrected chi connectivity index (χ0v) is 15.9. The monoisotopic (exact) mass is 380 g/mol. The molecular weight excluding hydrogens is 356 g/mol. The Morgan fingerprint density at radius 3 is 2.64 bits per heavy atom. The number of fused-ring (bicyclic) bond motifs is 1. The van der Waals surface area contributed by atoms with Crippen LogP contribution in [0.4, 0.5) is 17.7 Å². The summed E-state index contributed by atoms with van der Waals surface area (Å²) >= 11 is 0. The molecule has 4 rings (SSSR count). The first-order valence-corrected chi connectivity index (χ1v) is 9.50. The normalized spacial score (nSPS) is 17.0. The number of nitrogens with zero attached hydrogens (tertiary/aromatic N) is 6. The van der Waals surface area contributed by atoms with Crippen molar-refractivity contribution < 1.29 is 4.74 Å². The molecule has 0 aliphatic carbocycles. The quantitative estimate of drug-likeness (QED) is 0.752. The number of nitrogens with one attached hydrogen (secondary N) is 1. The van der Waals surface area contributed by atoms with E-state index in [1.807, 2.05) is 6.08 Å². The second kappa shape index (κ2) is 7.89. The molecule has 4 heterocycles. The van der Waals surface area contributed by atoms with E-state index in [1.165, 1.54) is 6.21 Å². The Hall–Kier alpha value is -3.07. The maximum absolute atomic E-state index is 7.47. The molecule has 0 radical (unpaired) electrons. The number of hydrogen-bond acceptors (Lipinski definition) is 9. The van der Waals surface area contributed by atoms with Crippen LogP contribution in [0.1, 0.15) is 18.9 Å². The molecular formula is C19H24N8O. The van der Waals surface area contributed by atoms with Gasteiger partial charge in [0.1, 0.15) is 5.82 Å². The van der Waals surface area contributed by atoms with Gasteiger partial charge in [0.2, 0.25) is 11.9 Å². The Labute approximate surface area is 163 Å². The van der Waals surface area contributed by atoms with Crippen LogP contribution in [0.3, 0.4) is 0 Å². The molecule has 9 heteroatoms. The average Bonchev–Trinajstić information content (AvgIpc) is 3.16. The molecule has 3 N–H and O–H groups in total. The number of nitrogen functional groups attached to an aromatic ring is 1. The number of ether oxygens (including phenoxy) is 1. The van der Waals surface area contributed by atoms with Gasteiger partial charge in [-0.1, -0.05) is 6.92 Å². The number of nitrogens with two attached hydrogens (primary N) is 1. The number of hydrogen-bond donors (Lipinski definition) is 2. The number of anilines is 3. The first-order valence-electron chi connectivity index (χ1n) is 9.50. The molecule has 2 aliphatic rings. The third-order valence-electron chi connectivity index (χ3n) is 5.04. The highest BCUT2D eigenvalue weighted by atomic mass is 16.5. The molecule has 0 bridgehead atoms. The summed E-state index contributed by atoms with van der Waals surface area (Å²) < 4.78 is 5.47. The van der Waals surface area contributed by atoms with Crippen molar-refractivity contribution in [1.82, 2.24) is 19.9 Å². The predicted octanol–water partition coefficient (Wildman–Crippen LogP) is 1.66. The van der Waals surface area contributed by atoms with Crippen molar-refractivity contribution in [2.75, 3.05) is 48.4 Å². The van der Waals surface area contributed by atoms with Crippen LogP contribution in [0.15, 0.2) is 24.2 Å². The van der Waals surface area contributed by atoms with E-state index < -0.39 is 0 Å². The van der Waals surface area contributed by atoms with Crippen molar-refractivity contribution in [2.45, 2.75) is 19.8 Å². The van der Waals surface area contributed by atoms with E-state index in [0.29, 0.717) is 19.2 Å².